The maximum Gasteiger partial charge on any atom is 0.372 e. The minimum atomic E-state index is -1.33. The summed E-state index contributed by atoms with van der Waals surface area (Å²) in [5.74, 6) is -2.04. The van der Waals surface area contributed by atoms with Crippen LogP contribution in [-0.4, -0.2) is 16.9 Å². The van der Waals surface area contributed by atoms with Crippen LogP contribution in [0.1, 0.15) is 24.0 Å². The van der Waals surface area contributed by atoms with Crippen LogP contribution >= 0.6 is 0 Å². The number of hydrogen-bond acceptors (Lipinski definition) is 2. The van der Waals surface area contributed by atoms with E-state index in [2.05, 4.69) is 0 Å². The number of hydrogen-bond donors (Lipinski definition) is 1. The van der Waals surface area contributed by atoms with E-state index >= 15 is 0 Å². The van der Waals surface area contributed by atoms with Gasteiger partial charge < -0.3 is 5.11 Å². The van der Waals surface area contributed by atoms with Gasteiger partial charge in [-0.15, -0.1) is 0 Å². The summed E-state index contributed by atoms with van der Waals surface area (Å²) in [7, 11) is 0. The van der Waals surface area contributed by atoms with Crippen molar-refractivity contribution in [3.05, 3.63) is 35.4 Å². The minimum absolute atomic E-state index is 0.114. The number of rotatable bonds is 5. The molecule has 0 fully saturated rings. The van der Waals surface area contributed by atoms with E-state index in [1.165, 1.54) is 5.56 Å². The monoisotopic (exact) mass is 206 g/mol. The Morgan fingerprint density at radius 3 is 2.33 bits per heavy atom. The normalized spacial score (nSPS) is 9.93. The standard InChI is InChI=1S/C12H14O3/c1-9-5-7-10(8-6-9)3-2-4-11(13)12(14)15/h5-8H,2-4H2,1H3,(H,14,15). The summed E-state index contributed by atoms with van der Waals surface area (Å²) in [6, 6.07) is 8.02. The zero-order valence-electron chi connectivity index (χ0n) is 8.69. The van der Waals surface area contributed by atoms with Crippen LogP contribution in [0.15, 0.2) is 24.3 Å². The summed E-state index contributed by atoms with van der Waals surface area (Å²) in [5.41, 5.74) is 2.33. The third-order valence-electron chi connectivity index (χ3n) is 2.23. The van der Waals surface area contributed by atoms with Crippen molar-refractivity contribution in [3.8, 4) is 0 Å². The highest BCUT2D eigenvalue weighted by Crippen LogP contribution is 2.07. The molecule has 1 aromatic carbocycles. The molecule has 0 amide bonds. The van der Waals surface area contributed by atoms with Crippen LogP contribution in [0.3, 0.4) is 0 Å². The molecule has 0 aliphatic heterocycles. The molecule has 0 saturated heterocycles. The lowest BCUT2D eigenvalue weighted by Gasteiger charge is -2.00. The first-order valence-corrected chi connectivity index (χ1v) is 4.91. The number of carboxylic acids is 1. The van der Waals surface area contributed by atoms with Gasteiger partial charge >= 0.3 is 5.97 Å². The first-order chi connectivity index (χ1) is 7.09. The van der Waals surface area contributed by atoms with Gasteiger partial charge in [0.25, 0.3) is 0 Å². The Bertz CT molecular complexity index is 352. The summed E-state index contributed by atoms with van der Waals surface area (Å²) in [4.78, 5) is 21.0. The number of aliphatic carboxylic acids is 1. The maximum atomic E-state index is 10.8. The molecule has 0 atom stereocenters. The second-order valence-electron chi connectivity index (χ2n) is 3.57. The molecule has 80 valence electrons. The van der Waals surface area contributed by atoms with Gasteiger partial charge in [0.05, 0.1) is 0 Å². The van der Waals surface area contributed by atoms with Crippen LogP contribution < -0.4 is 0 Å². The number of carboxylic acid groups (broad SMARTS) is 1. The molecule has 0 unspecified atom stereocenters. The number of aryl methyl sites for hydroxylation is 2. The number of benzene rings is 1. The Hall–Kier alpha value is -1.64. The lowest BCUT2D eigenvalue weighted by atomic mass is 10.1. The smallest absolute Gasteiger partial charge is 0.372 e. The summed E-state index contributed by atoms with van der Waals surface area (Å²) in [6.07, 6.45) is 1.46. The SMILES string of the molecule is Cc1ccc(CCCC(=O)C(=O)O)cc1. The largest absolute Gasteiger partial charge is 0.476 e. The number of carbonyl (C=O) groups is 2. The number of ketones is 1. The van der Waals surface area contributed by atoms with Crippen molar-refractivity contribution < 1.29 is 14.7 Å². The fourth-order valence-electron chi connectivity index (χ4n) is 1.31. The topological polar surface area (TPSA) is 54.4 Å². The Balaban J connectivity index is 2.35. The van der Waals surface area contributed by atoms with Gasteiger partial charge in [-0.1, -0.05) is 29.8 Å². The lowest BCUT2D eigenvalue weighted by Crippen LogP contribution is -2.12. The Labute approximate surface area is 88.7 Å². The predicted octanol–water partition coefficient (Wildman–Crippen LogP) is 1.97. The number of carbonyl (C=O) groups excluding carboxylic acids is 1. The van der Waals surface area contributed by atoms with Crippen LogP contribution in [0, 0.1) is 6.92 Å². The lowest BCUT2D eigenvalue weighted by molar-refractivity contribution is -0.149. The zero-order chi connectivity index (χ0) is 11.3. The Kier molecular flexibility index (Phi) is 4.03. The molecular weight excluding hydrogens is 192 g/mol. The van der Waals surface area contributed by atoms with Gasteiger partial charge in [-0.05, 0) is 25.3 Å². The summed E-state index contributed by atoms with van der Waals surface area (Å²) < 4.78 is 0. The van der Waals surface area contributed by atoms with Gasteiger partial charge in [0.1, 0.15) is 0 Å². The van der Waals surface area contributed by atoms with Gasteiger partial charge in [-0.25, -0.2) is 4.79 Å². The maximum absolute atomic E-state index is 10.8. The average Bonchev–Trinajstić information content (AvgIpc) is 2.20. The summed E-state index contributed by atoms with van der Waals surface area (Å²) >= 11 is 0. The van der Waals surface area contributed by atoms with Crippen molar-refractivity contribution in [2.45, 2.75) is 26.2 Å². The summed E-state index contributed by atoms with van der Waals surface area (Å²) in [6.45, 7) is 2.01. The second-order valence-corrected chi connectivity index (χ2v) is 3.57. The third-order valence-corrected chi connectivity index (χ3v) is 2.23. The quantitative estimate of drug-likeness (QED) is 0.749. The van der Waals surface area contributed by atoms with Gasteiger partial charge in [-0.2, -0.15) is 0 Å². The van der Waals surface area contributed by atoms with Gasteiger partial charge in [0.2, 0.25) is 5.78 Å². The van der Waals surface area contributed by atoms with Gasteiger partial charge in [0, 0.05) is 6.42 Å². The highest BCUT2D eigenvalue weighted by Gasteiger charge is 2.09. The molecule has 1 rings (SSSR count). The molecule has 0 bridgehead atoms. The highest BCUT2D eigenvalue weighted by molar-refractivity contribution is 6.32. The van der Waals surface area contributed by atoms with E-state index < -0.39 is 11.8 Å². The molecule has 0 aliphatic carbocycles. The van der Waals surface area contributed by atoms with Crippen LogP contribution in [0.5, 0.6) is 0 Å². The van der Waals surface area contributed by atoms with E-state index in [1.54, 1.807) is 0 Å². The predicted molar refractivity (Wildman–Crippen MR) is 56.8 cm³/mol. The first kappa shape index (κ1) is 11.4. The molecule has 0 radical (unpaired) electrons. The van der Waals surface area contributed by atoms with Gasteiger partial charge in [0.15, 0.2) is 0 Å². The molecule has 3 heteroatoms. The van der Waals surface area contributed by atoms with Crippen molar-refractivity contribution in [1.29, 1.82) is 0 Å². The van der Waals surface area contributed by atoms with Crippen molar-refractivity contribution in [2.24, 2.45) is 0 Å². The zero-order valence-corrected chi connectivity index (χ0v) is 8.69. The molecule has 0 spiro atoms. The average molecular weight is 206 g/mol. The van der Waals surface area contributed by atoms with E-state index in [0.717, 1.165) is 12.0 Å². The molecule has 0 aliphatic rings. The molecule has 3 nitrogen and oxygen atoms in total. The molecule has 1 N–H and O–H groups in total. The van der Waals surface area contributed by atoms with Crippen molar-refractivity contribution in [3.63, 3.8) is 0 Å². The molecule has 15 heavy (non-hydrogen) atoms. The van der Waals surface area contributed by atoms with Crippen LogP contribution in [-0.2, 0) is 16.0 Å². The molecule has 0 saturated carbocycles. The van der Waals surface area contributed by atoms with E-state index in [0.29, 0.717) is 6.42 Å². The van der Waals surface area contributed by atoms with Crippen LogP contribution in [0.25, 0.3) is 0 Å². The fraction of sp³-hybridized carbons (Fsp3) is 0.333. The first-order valence-electron chi connectivity index (χ1n) is 4.91. The second kappa shape index (κ2) is 5.29. The molecule has 1 aromatic rings. The Morgan fingerprint density at radius 1 is 1.20 bits per heavy atom. The fourth-order valence-corrected chi connectivity index (χ4v) is 1.31. The summed E-state index contributed by atoms with van der Waals surface area (Å²) in [5, 5.41) is 8.37. The molecular formula is C12H14O3. The Morgan fingerprint density at radius 2 is 1.80 bits per heavy atom. The van der Waals surface area contributed by atoms with E-state index in [9.17, 15) is 9.59 Å². The molecule has 0 aromatic heterocycles. The van der Waals surface area contributed by atoms with E-state index in [4.69, 9.17) is 5.11 Å². The third kappa shape index (κ3) is 3.94. The van der Waals surface area contributed by atoms with Crippen LogP contribution in [0.2, 0.25) is 0 Å². The van der Waals surface area contributed by atoms with Crippen LogP contribution in [0.4, 0.5) is 0 Å². The van der Waals surface area contributed by atoms with Gasteiger partial charge in [-0.3, -0.25) is 4.79 Å². The van der Waals surface area contributed by atoms with Crippen molar-refractivity contribution in [1.82, 2.24) is 0 Å². The van der Waals surface area contributed by atoms with Crippen molar-refractivity contribution >= 4 is 11.8 Å². The van der Waals surface area contributed by atoms with Crippen molar-refractivity contribution in [2.75, 3.05) is 0 Å². The number of Topliss-reactive ketones (excluding diaryl/α,β-unsaturated/α-hetero) is 1. The highest BCUT2D eigenvalue weighted by atomic mass is 16.4. The van der Waals surface area contributed by atoms with E-state index in [-0.39, 0.29) is 6.42 Å². The molecule has 0 heterocycles. The minimum Gasteiger partial charge on any atom is -0.476 e. The van der Waals surface area contributed by atoms with E-state index in [1.807, 2.05) is 31.2 Å².